The maximum Gasteiger partial charge on any atom is 0.225 e. The van der Waals surface area contributed by atoms with E-state index in [9.17, 15) is 4.79 Å². The van der Waals surface area contributed by atoms with E-state index in [1.54, 1.807) is 0 Å². The molecule has 3 heteroatoms. The highest BCUT2D eigenvalue weighted by Crippen LogP contribution is 2.30. The fourth-order valence-corrected chi connectivity index (χ4v) is 4.07. The van der Waals surface area contributed by atoms with Gasteiger partial charge in [0.1, 0.15) is 0 Å². The van der Waals surface area contributed by atoms with E-state index in [0.717, 1.165) is 39.0 Å². The van der Waals surface area contributed by atoms with E-state index in [1.165, 1.54) is 16.7 Å². The lowest BCUT2D eigenvalue weighted by molar-refractivity contribution is -0.137. The first-order chi connectivity index (χ1) is 13.1. The number of hydrogen-bond acceptors (Lipinski definition) is 2. The Labute approximate surface area is 164 Å². The van der Waals surface area contributed by atoms with Gasteiger partial charge in [0.25, 0.3) is 0 Å². The van der Waals surface area contributed by atoms with Gasteiger partial charge in [-0.3, -0.25) is 9.69 Å². The van der Waals surface area contributed by atoms with Gasteiger partial charge in [-0.25, -0.2) is 0 Å². The van der Waals surface area contributed by atoms with Crippen LogP contribution in [0.15, 0.2) is 54.6 Å². The van der Waals surface area contributed by atoms with E-state index in [0.29, 0.717) is 5.91 Å². The van der Waals surface area contributed by atoms with Crippen LogP contribution in [0.1, 0.15) is 49.4 Å². The van der Waals surface area contributed by atoms with Crippen molar-refractivity contribution in [1.82, 2.24) is 9.80 Å². The molecule has 3 rings (SSSR count). The Balaban J connectivity index is 1.75. The van der Waals surface area contributed by atoms with Crippen molar-refractivity contribution in [2.75, 3.05) is 26.2 Å². The van der Waals surface area contributed by atoms with Crippen molar-refractivity contribution >= 4 is 5.91 Å². The molecule has 0 aromatic heterocycles. The second-order valence-corrected chi connectivity index (χ2v) is 7.77. The van der Waals surface area contributed by atoms with Gasteiger partial charge in [0.05, 0.1) is 6.04 Å². The molecule has 1 aliphatic rings. The summed E-state index contributed by atoms with van der Waals surface area (Å²) < 4.78 is 0. The normalized spacial score (nSPS) is 17.5. The van der Waals surface area contributed by atoms with Gasteiger partial charge in [0.15, 0.2) is 0 Å². The average molecular weight is 365 g/mol. The Hall–Kier alpha value is -2.13. The summed E-state index contributed by atoms with van der Waals surface area (Å²) in [5, 5.41) is 0. The Bertz CT molecular complexity index is 718. The summed E-state index contributed by atoms with van der Waals surface area (Å²) in [6.07, 6.45) is 2.05. The highest BCUT2D eigenvalue weighted by Gasteiger charge is 2.29. The summed E-state index contributed by atoms with van der Waals surface area (Å²) in [5.74, 6) is 0.465. The molecule has 1 heterocycles. The lowest BCUT2D eigenvalue weighted by atomic mass is 9.95. The van der Waals surface area contributed by atoms with Crippen LogP contribution >= 0.6 is 0 Å². The van der Waals surface area contributed by atoms with Crippen LogP contribution in [0.3, 0.4) is 0 Å². The van der Waals surface area contributed by atoms with E-state index < -0.39 is 0 Å². The van der Waals surface area contributed by atoms with Crippen LogP contribution in [0.5, 0.6) is 0 Å². The monoisotopic (exact) mass is 364 g/mol. The van der Waals surface area contributed by atoms with E-state index in [2.05, 4.69) is 85.2 Å². The topological polar surface area (TPSA) is 23.6 Å². The summed E-state index contributed by atoms with van der Waals surface area (Å²) in [6, 6.07) is 19.8. The first kappa shape index (κ1) is 19.6. The Morgan fingerprint density at radius 1 is 0.926 bits per heavy atom. The zero-order chi connectivity index (χ0) is 19.2. The van der Waals surface area contributed by atoms with Crippen molar-refractivity contribution in [2.45, 2.75) is 39.7 Å². The molecule has 0 spiro atoms. The van der Waals surface area contributed by atoms with Gasteiger partial charge in [-0.05, 0) is 24.5 Å². The highest BCUT2D eigenvalue weighted by molar-refractivity contribution is 5.78. The van der Waals surface area contributed by atoms with Gasteiger partial charge in [0.2, 0.25) is 5.91 Å². The van der Waals surface area contributed by atoms with Gasteiger partial charge in [-0.2, -0.15) is 0 Å². The number of hydrogen-bond donors (Lipinski definition) is 0. The Morgan fingerprint density at radius 3 is 2.11 bits per heavy atom. The molecule has 2 atom stereocenters. The zero-order valence-corrected chi connectivity index (χ0v) is 16.9. The van der Waals surface area contributed by atoms with Gasteiger partial charge in [-0.15, -0.1) is 0 Å². The van der Waals surface area contributed by atoms with Crippen LogP contribution < -0.4 is 0 Å². The van der Waals surface area contributed by atoms with Crippen molar-refractivity contribution in [2.24, 2.45) is 5.92 Å². The number of carbonyl (C=O) groups is 1. The largest absolute Gasteiger partial charge is 0.340 e. The van der Waals surface area contributed by atoms with Gasteiger partial charge in [-0.1, -0.05) is 80.4 Å². The first-order valence-corrected chi connectivity index (χ1v) is 10.2. The van der Waals surface area contributed by atoms with Gasteiger partial charge < -0.3 is 4.90 Å². The van der Waals surface area contributed by atoms with E-state index in [4.69, 9.17) is 0 Å². The summed E-state index contributed by atoms with van der Waals surface area (Å²) in [4.78, 5) is 17.2. The molecular weight excluding hydrogens is 332 g/mol. The molecule has 2 aromatic rings. The zero-order valence-electron chi connectivity index (χ0n) is 16.9. The van der Waals surface area contributed by atoms with Crippen molar-refractivity contribution in [3.63, 3.8) is 0 Å². The fraction of sp³-hybridized carbons (Fsp3) is 0.458. The number of benzene rings is 2. The number of carbonyl (C=O) groups excluding carboxylic acids is 1. The predicted molar refractivity (Wildman–Crippen MR) is 112 cm³/mol. The quantitative estimate of drug-likeness (QED) is 0.744. The lowest BCUT2D eigenvalue weighted by Gasteiger charge is -2.40. The standard InChI is InChI=1S/C24H32N2O/c1-4-8-20(3)24(27)26-17-15-25(16-18-26)23(21-9-6-5-7-10-21)22-13-11-19(2)12-14-22/h5-7,9-14,20,23H,4,8,15-18H2,1-3H3. The Kier molecular flexibility index (Phi) is 6.68. The third-order valence-corrected chi connectivity index (χ3v) is 5.64. The minimum Gasteiger partial charge on any atom is -0.340 e. The first-order valence-electron chi connectivity index (χ1n) is 10.2. The van der Waals surface area contributed by atoms with Crippen LogP contribution in [0.2, 0.25) is 0 Å². The van der Waals surface area contributed by atoms with E-state index >= 15 is 0 Å². The lowest BCUT2D eigenvalue weighted by Crippen LogP contribution is -2.51. The minimum absolute atomic E-state index is 0.142. The van der Waals surface area contributed by atoms with Crippen molar-refractivity contribution < 1.29 is 4.79 Å². The molecule has 1 aliphatic heterocycles. The molecule has 3 nitrogen and oxygen atoms in total. The third kappa shape index (κ3) is 4.78. The third-order valence-electron chi connectivity index (χ3n) is 5.64. The number of piperazine rings is 1. The fourth-order valence-electron chi connectivity index (χ4n) is 4.07. The summed E-state index contributed by atoms with van der Waals surface area (Å²) >= 11 is 0. The summed E-state index contributed by atoms with van der Waals surface area (Å²) in [6.45, 7) is 9.81. The molecule has 1 fully saturated rings. The maximum absolute atomic E-state index is 12.6. The van der Waals surface area contributed by atoms with Gasteiger partial charge in [0, 0.05) is 32.1 Å². The molecule has 0 N–H and O–H groups in total. The van der Waals surface area contributed by atoms with Gasteiger partial charge >= 0.3 is 0 Å². The molecule has 0 radical (unpaired) electrons. The molecule has 0 aliphatic carbocycles. The molecule has 1 amide bonds. The smallest absolute Gasteiger partial charge is 0.225 e. The Morgan fingerprint density at radius 2 is 1.52 bits per heavy atom. The minimum atomic E-state index is 0.142. The second kappa shape index (κ2) is 9.18. The van der Waals surface area contributed by atoms with E-state index in [1.807, 2.05) is 0 Å². The van der Waals surface area contributed by atoms with Crippen LogP contribution in [0.25, 0.3) is 0 Å². The van der Waals surface area contributed by atoms with Crippen LogP contribution in [-0.4, -0.2) is 41.9 Å². The molecule has 2 aromatic carbocycles. The average Bonchev–Trinajstić information content (AvgIpc) is 2.71. The molecule has 27 heavy (non-hydrogen) atoms. The molecular formula is C24H32N2O. The van der Waals surface area contributed by atoms with Crippen molar-refractivity contribution in [3.8, 4) is 0 Å². The summed E-state index contributed by atoms with van der Waals surface area (Å²) in [5.41, 5.74) is 3.93. The maximum atomic E-state index is 12.6. The molecule has 0 bridgehead atoms. The number of rotatable bonds is 6. The molecule has 0 saturated carbocycles. The molecule has 1 saturated heterocycles. The number of amides is 1. The van der Waals surface area contributed by atoms with Crippen LogP contribution in [-0.2, 0) is 4.79 Å². The van der Waals surface area contributed by atoms with Crippen molar-refractivity contribution in [3.05, 3.63) is 71.3 Å². The SMILES string of the molecule is CCCC(C)C(=O)N1CCN(C(c2ccccc2)c2ccc(C)cc2)CC1. The number of aryl methyl sites for hydroxylation is 1. The highest BCUT2D eigenvalue weighted by atomic mass is 16.2. The van der Waals surface area contributed by atoms with Crippen molar-refractivity contribution in [1.29, 1.82) is 0 Å². The van der Waals surface area contributed by atoms with Crippen LogP contribution in [0, 0.1) is 12.8 Å². The van der Waals surface area contributed by atoms with Crippen LogP contribution in [0.4, 0.5) is 0 Å². The number of nitrogens with zero attached hydrogens (tertiary/aromatic N) is 2. The molecule has 144 valence electrons. The van der Waals surface area contributed by atoms with E-state index in [-0.39, 0.29) is 12.0 Å². The summed E-state index contributed by atoms with van der Waals surface area (Å²) in [7, 11) is 0. The second-order valence-electron chi connectivity index (χ2n) is 7.77. The molecule has 2 unspecified atom stereocenters. The predicted octanol–water partition coefficient (Wildman–Crippen LogP) is 4.66.